The third-order valence-corrected chi connectivity index (χ3v) is 4.14. The number of imidazole rings is 1. The third-order valence-electron chi connectivity index (χ3n) is 4.14. The van der Waals surface area contributed by atoms with E-state index in [0.717, 1.165) is 11.7 Å². The van der Waals surface area contributed by atoms with Crippen molar-refractivity contribution in [1.82, 2.24) is 14.9 Å². The molecule has 0 amide bonds. The monoisotopic (exact) mass is 235 g/mol. The Morgan fingerprint density at radius 2 is 2.24 bits per heavy atom. The molecule has 1 aromatic heterocycles. The highest BCUT2D eigenvalue weighted by atomic mass is 15.1. The van der Waals surface area contributed by atoms with Crippen LogP contribution in [0.5, 0.6) is 0 Å². The van der Waals surface area contributed by atoms with Gasteiger partial charge >= 0.3 is 0 Å². The highest BCUT2D eigenvalue weighted by Crippen LogP contribution is 2.28. The summed E-state index contributed by atoms with van der Waals surface area (Å²) in [6, 6.07) is 1.03. The Labute approximate surface area is 105 Å². The van der Waals surface area contributed by atoms with Crippen LogP contribution in [0.2, 0.25) is 0 Å². The maximum atomic E-state index is 4.43. The Morgan fingerprint density at radius 3 is 2.88 bits per heavy atom. The highest BCUT2D eigenvalue weighted by Gasteiger charge is 2.25. The van der Waals surface area contributed by atoms with E-state index in [0.29, 0.717) is 12.1 Å². The van der Waals surface area contributed by atoms with E-state index >= 15 is 0 Å². The molecule has 1 heterocycles. The van der Waals surface area contributed by atoms with E-state index in [9.17, 15) is 0 Å². The van der Waals surface area contributed by atoms with Crippen molar-refractivity contribution in [1.29, 1.82) is 0 Å². The smallest absolute Gasteiger partial charge is 0.125 e. The first-order chi connectivity index (χ1) is 8.22. The summed E-state index contributed by atoms with van der Waals surface area (Å²) in [5.74, 6) is 2.00. The molecular weight excluding hydrogens is 210 g/mol. The zero-order valence-electron chi connectivity index (χ0n) is 11.3. The Hall–Kier alpha value is -0.830. The fourth-order valence-electron chi connectivity index (χ4n) is 3.11. The van der Waals surface area contributed by atoms with Crippen LogP contribution in [-0.4, -0.2) is 15.6 Å². The van der Waals surface area contributed by atoms with Gasteiger partial charge in [0.05, 0.1) is 6.04 Å². The second-order valence-electron chi connectivity index (χ2n) is 5.34. The summed E-state index contributed by atoms with van der Waals surface area (Å²) in [4.78, 5) is 4.43. The molecular formula is C14H25N3. The first-order valence-corrected chi connectivity index (χ1v) is 6.95. The molecule has 0 radical (unpaired) electrons. The van der Waals surface area contributed by atoms with Crippen molar-refractivity contribution in [2.45, 2.75) is 58.0 Å². The zero-order valence-corrected chi connectivity index (χ0v) is 11.3. The fraction of sp³-hybridized carbons (Fsp3) is 0.786. The van der Waals surface area contributed by atoms with Crippen molar-refractivity contribution in [2.75, 3.05) is 0 Å². The van der Waals surface area contributed by atoms with Crippen LogP contribution in [0.15, 0.2) is 12.4 Å². The second kappa shape index (κ2) is 5.67. The topological polar surface area (TPSA) is 29.9 Å². The lowest BCUT2D eigenvalue weighted by Crippen LogP contribution is -2.40. The molecule has 2 rings (SSSR count). The van der Waals surface area contributed by atoms with E-state index in [2.05, 4.69) is 35.8 Å². The van der Waals surface area contributed by atoms with Crippen molar-refractivity contribution in [3.8, 4) is 0 Å². The van der Waals surface area contributed by atoms with Crippen molar-refractivity contribution in [3.63, 3.8) is 0 Å². The van der Waals surface area contributed by atoms with Crippen molar-refractivity contribution >= 4 is 0 Å². The summed E-state index contributed by atoms with van der Waals surface area (Å²) in [5.41, 5.74) is 0. The molecule has 1 N–H and O–H groups in total. The van der Waals surface area contributed by atoms with E-state index in [-0.39, 0.29) is 0 Å². The quantitative estimate of drug-likeness (QED) is 0.869. The summed E-state index contributed by atoms with van der Waals surface area (Å²) in [6.45, 7) is 4.54. The fourth-order valence-corrected chi connectivity index (χ4v) is 3.11. The molecule has 1 aliphatic carbocycles. The highest BCUT2D eigenvalue weighted by molar-refractivity contribution is 4.98. The Morgan fingerprint density at radius 1 is 1.47 bits per heavy atom. The lowest BCUT2D eigenvalue weighted by Gasteiger charge is -2.33. The van der Waals surface area contributed by atoms with Crippen LogP contribution in [0.25, 0.3) is 0 Å². The minimum absolute atomic E-state index is 0.354. The number of hydrogen-bond acceptors (Lipinski definition) is 2. The number of nitrogens with one attached hydrogen (secondary N) is 1. The molecule has 1 aromatic rings. The van der Waals surface area contributed by atoms with Gasteiger partial charge in [0.25, 0.3) is 0 Å². The van der Waals surface area contributed by atoms with Gasteiger partial charge in [-0.2, -0.15) is 0 Å². The van der Waals surface area contributed by atoms with Crippen LogP contribution in [-0.2, 0) is 7.05 Å². The predicted molar refractivity (Wildman–Crippen MR) is 70.8 cm³/mol. The van der Waals surface area contributed by atoms with Crippen molar-refractivity contribution in [2.24, 2.45) is 13.0 Å². The molecule has 3 atom stereocenters. The minimum Gasteiger partial charge on any atom is -0.337 e. The average molecular weight is 235 g/mol. The molecule has 1 aliphatic rings. The zero-order chi connectivity index (χ0) is 12.3. The maximum absolute atomic E-state index is 4.43. The van der Waals surface area contributed by atoms with Gasteiger partial charge in [-0.25, -0.2) is 4.98 Å². The van der Waals surface area contributed by atoms with E-state index in [1.165, 1.54) is 32.1 Å². The van der Waals surface area contributed by atoms with E-state index in [4.69, 9.17) is 0 Å². The first-order valence-electron chi connectivity index (χ1n) is 6.95. The van der Waals surface area contributed by atoms with Crippen LogP contribution in [0, 0.1) is 5.92 Å². The van der Waals surface area contributed by atoms with Gasteiger partial charge in [-0.15, -0.1) is 0 Å². The van der Waals surface area contributed by atoms with E-state index in [1.54, 1.807) is 0 Å². The number of nitrogens with zero attached hydrogens (tertiary/aromatic N) is 2. The maximum Gasteiger partial charge on any atom is 0.125 e. The Balaban J connectivity index is 1.97. The molecule has 3 nitrogen and oxygen atoms in total. The normalized spacial score (nSPS) is 27.0. The molecule has 0 spiro atoms. The second-order valence-corrected chi connectivity index (χ2v) is 5.34. The van der Waals surface area contributed by atoms with E-state index < -0.39 is 0 Å². The Kier molecular flexibility index (Phi) is 4.21. The molecule has 1 fully saturated rings. The lowest BCUT2D eigenvalue weighted by atomic mass is 9.82. The molecule has 17 heavy (non-hydrogen) atoms. The van der Waals surface area contributed by atoms with Crippen LogP contribution < -0.4 is 5.32 Å². The van der Waals surface area contributed by atoms with Crippen LogP contribution in [0.1, 0.15) is 57.8 Å². The summed E-state index contributed by atoms with van der Waals surface area (Å²) < 4.78 is 2.11. The van der Waals surface area contributed by atoms with E-state index in [1.807, 2.05) is 12.4 Å². The van der Waals surface area contributed by atoms with Gasteiger partial charge in [0, 0.05) is 25.5 Å². The van der Waals surface area contributed by atoms with Gasteiger partial charge in [-0.05, 0) is 25.7 Å². The van der Waals surface area contributed by atoms with Crippen LogP contribution in [0.3, 0.4) is 0 Å². The van der Waals surface area contributed by atoms with Gasteiger partial charge in [0.2, 0.25) is 0 Å². The summed E-state index contributed by atoms with van der Waals surface area (Å²) in [5, 5.41) is 3.78. The number of aryl methyl sites for hydroxylation is 1. The van der Waals surface area contributed by atoms with Gasteiger partial charge in [-0.3, -0.25) is 0 Å². The van der Waals surface area contributed by atoms with Gasteiger partial charge in [-0.1, -0.05) is 26.2 Å². The molecule has 3 unspecified atom stereocenters. The van der Waals surface area contributed by atoms with Gasteiger partial charge < -0.3 is 9.88 Å². The minimum atomic E-state index is 0.354. The van der Waals surface area contributed by atoms with Gasteiger partial charge in [0.15, 0.2) is 0 Å². The summed E-state index contributed by atoms with van der Waals surface area (Å²) in [7, 11) is 2.07. The molecule has 96 valence electrons. The van der Waals surface area contributed by atoms with Crippen LogP contribution >= 0.6 is 0 Å². The molecule has 0 bridgehead atoms. The van der Waals surface area contributed by atoms with Crippen molar-refractivity contribution in [3.05, 3.63) is 18.2 Å². The standard InChI is InChI=1S/C14H25N3/c1-4-12-7-5-6-8-13(12)16-11(2)14-15-9-10-17(14)3/h9-13,16H,4-8H2,1-3H3. The number of rotatable bonds is 4. The summed E-state index contributed by atoms with van der Waals surface area (Å²) >= 11 is 0. The van der Waals surface area contributed by atoms with Crippen molar-refractivity contribution < 1.29 is 0 Å². The largest absolute Gasteiger partial charge is 0.337 e. The Bertz CT molecular complexity index is 345. The third kappa shape index (κ3) is 2.89. The molecule has 1 saturated carbocycles. The molecule has 0 aromatic carbocycles. The van der Waals surface area contributed by atoms with Crippen LogP contribution in [0.4, 0.5) is 0 Å². The SMILES string of the molecule is CCC1CCCCC1NC(C)c1nccn1C. The first kappa shape index (κ1) is 12.6. The summed E-state index contributed by atoms with van der Waals surface area (Å²) in [6.07, 6.45) is 10.7. The predicted octanol–water partition coefficient (Wildman–Crippen LogP) is 3.04. The molecule has 3 heteroatoms. The molecule has 0 aliphatic heterocycles. The molecule has 0 saturated heterocycles. The lowest BCUT2D eigenvalue weighted by molar-refractivity contribution is 0.237. The number of hydrogen-bond donors (Lipinski definition) is 1. The van der Waals surface area contributed by atoms with Gasteiger partial charge in [0.1, 0.15) is 5.82 Å². The number of aromatic nitrogens is 2. The average Bonchev–Trinajstić information content (AvgIpc) is 2.76.